The van der Waals surface area contributed by atoms with Gasteiger partial charge in [-0.3, -0.25) is 9.69 Å². The van der Waals surface area contributed by atoms with Crippen LogP contribution in [0.4, 0.5) is 4.79 Å². The number of ether oxygens (including phenoxy) is 2. The first-order chi connectivity index (χ1) is 19.1. The first-order valence-electron chi connectivity index (χ1n) is 13.8. The minimum Gasteiger partial charge on any atom is -0.467 e. The van der Waals surface area contributed by atoms with Gasteiger partial charge in [0, 0.05) is 38.0 Å². The summed E-state index contributed by atoms with van der Waals surface area (Å²) in [5.41, 5.74) is 2.58. The summed E-state index contributed by atoms with van der Waals surface area (Å²) in [6.07, 6.45) is 2.98. The van der Waals surface area contributed by atoms with Gasteiger partial charge >= 0.3 is 12.1 Å². The standard InChI is InChI=1S/C31H40N4O5/c1-31(2,3)40-30(38)35-17-11-16-27(35)28(36)32-26(29(37)39-4)18-25-21-33(19-23-12-7-5-8-13-23)22-34(25)20-24-14-9-6-10-15-24/h5-10,12-15,21,26-27H,11,16-20,22H2,1-4H3,(H,32,36)/t26-,27-/m0/s1. The summed E-state index contributed by atoms with van der Waals surface area (Å²) in [5, 5.41) is 2.88. The third-order valence-electron chi connectivity index (χ3n) is 6.93. The van der Waals surface area contributed by atoms with E-state index >= 15 is 0 Å². The van der Waals surface area contributed by atoms with E-state index in [1.807, 2.05) is 36.4 Å². The van der Waals surface area contributed by atoms with Gasteiger partial charge in [-0.15, -0.1) is 0 Å². The summed E-state index contributed by atoms with van der Waals surface area (Å²) in [6.45, 7) is 7.84. The number of carbonyl (C=O) groups is 3. The van der Waals surface area contributed by atoms with Crippen molar-refractivity contribution in [3.8, 4) is 0 Å². The second-order valence-electron chi connectivity index (χ2n) is 11.3. The summed E-state index contributed by atoms with van der Waals surface area (Å²) < 4.78 is 10.6. The molecule has 0 aliphatic carbocycles. The van der Waals surface area contributed by atoms with Crippen molar-refractivity contribution in [1.82, 2.24) is 20.0 Å². The summed E-state index contributed by atoms with van der Waals surface area (Å²) in [5.74, 6) is -0.912. The van der Waals surface area contributed by atoms with Crippen molar-refractivity contribution in [3.63, 3.8) is 0 Å². The van der Waals surface area contributed by atoms with Crippen molar-refractivity contribution in [3.05, 3.63) is 83.7 Å². The maximum Gasteiger partial charge on any atom is 0.410 e. The molecule has 2 aliphatic heterocycles. The Bertz CT molecular complexity index is 1200. The highest BCUT2D eigenvalue weighted by atomic mass is 16.6. The lowest BCUT2D eigenvalue weighted by molar-refractivity contribution is -0.145. The molecule has 9 heteroatoms. The molecule has 2 heterocycles. The van der Waals surface area contributed by atoms with E-state index in [2.05, 4.69) is 45.6 Å². The minimum absolute atomic E-state index is 0.260. The number of amides is 2. The van der Waals surface area contributed by atoms with Crippen LogP contribution in [0.5, 0.6) is 0 Å². The second kappa shape index (κ2) is 12.9. The number of hydrogen-bond donors (Lipinski definition) is 1. The van der Waals surface area contributed by atoms with E-state index in [1.165, 1.54) is 17.6 Å². The predicted octanol–water partition coefficient (Wildman–Crippen LogP) is 4.25. The molecule has 0 aromatic heterocycles. The van der Waals surface area contributed by atoms with Crippen LogP contribution >= 0.6 is 0 Å². The second-order valence-corrected chi connectivity index (χ2v) is 11.3. The molecule has 1 N–H and O–H groups in total. The maximum atomic E-state index is 13.4. The fraction of sp³-hybridized carbons (Fsp3) is 0.452. The number of benzene rings is 2. The zero-order chi connectivity index (χ0) is 28.7. The van der Waals surface area contributed by atoms with Gasteiger partial charge in [0.1, 0.15) is 17.7 Å². The lowest BCUT2D eigenvalue weighted by atomic mass is 10.1. The van der Waals surface area contributed by atoms with Gasteiger partial charge in [0.25, 0.3) is 0 Å². The number of rotatable bonds is 9. The Morgan fingerprint density at radius 3 is 2.20 bits per heavy atom. The van der Waals surface area contributed by atoms with Crippen molar-refractivity contribution in [1.29, 1.82) is 0 Å². The van der Waals surface area contributed by atoms with Crippen LogP contribution in [0.1, 0.15) is 51.2 Å². The number of likely N-dealkylation sites (tertiary alicyclic amines) is 1. The van der Waals surface area contributed by atoms with Crippen molar-refractivity contribution >= 4 is 18.0 Å². The molecule has 2 atom stereocenters. The third-order valence-corrected chi connectivity index (χ3v) is 6.93. The molecule has 0 saturated carbocycles. The fourth-order valence-corrected chi connectivity index (χ4v) is 5.09. The molecule has 0 radical (unpaired) electrons. The molecule has 0 spiro atoms. The van der Waals surface area contributed by atoms with Crippen LogP contribution in [0.25, 0.3) is 0 Å². The van der Waals surface area contributed by atoms with Gasteiger partial charge in [0.15, 0.2) is 0 Å². The summed E-state index contributed by atoms with van der Waals surface area (Å²) in [7, 11) is 1.32. The van der Waals surface area contributed by atoms with Crippen LogP contribution in [-0.4, -0.2) is 70.7 Å². The molecule has 214 valence electrons. The quantitative estimate of drug-likeness (QED) is 0.469. The van der Waals surface area contributed by atoms with Gasteiger partial charge in [-0.25, -0.2) is 9.59 Å². The first kappa shape index (κ1) is 29.0. The van der Waals surface area contributed by atoms with Gasteiger partial charge in [0.05, 0.1) is 13.8 Å². The Morgan fingerprint density at radius 1 is 0.975 bits per heavy atom. The number of nitrogens with zero attached hydrogens (tertiary/aromatic N) is 3. The van der Waals surface area contributed by atoms with Crippen molar-refractivity contribution < 1.29 is 23.9 Å². The maximum absolute atomic E-state index is 13.4. The number of nitrogens with one attached hydrogen (secondary N) is 1. The average Bonchev–Trinajstić information content (AvgIpc) is 3.55. The molecular weight excluding hydrogens is 508 g/mol. The minimum atomic E-state index is -0.903. The Morgan fingerprint density at radius 2 is 1.60 bits per heavy atom. The van der Waals surface area contributed by atoms with Gasteiger partial charge in [0.2, 0.25) is 5.91 Å². The van der Waals surface area contributed by atoms with Gasteiger partial charge in [-0.05, 0) is 44.7 Å². The van der Waals surface area contributed by atoms with Crippen molar-refractivity contribution in [2.24, 2.45) is 0 Å². The molecule has 1 saturated heterocycles. The molecule has 2 aromatic carbocycles. The third kappa shape index (κ3) is 7.77. The van der Waals surface area contributed by atoms with Gasteiger partial charge in [-0.2, -0.15) is 0 Å². The average molecular weight is 549 g/mol. The molecule has 2 aliphatic rings. The topological polar surface area (TPSA) is 91.4 Å². The van der Waals surface area contributed by atoms with Gasteiger partial charge in [-0.1, -0.05) is 60.7 Å². The highest BCUT2D eigenvalue weighted by molar-refractivity contribution is 5.90. The zero-order valence-electron chi connectivity index (χ0n) is 23.8. The van der Waals surface area contributed by atoms with E-state index < -0.39 is 29.7 Å². The van der Waals surface area contributed by atoms with Crippen LogP contribution in [0, 0.1) is 0 Å². The number of hydrogen-bond acceptors (Lipinski definition) is 7. The SMILES string of the molecule is COC(=O)[C@H](CC1=CN(Cc2ccccc2)CN1Cc1ccccc1)NC(=O)[C@@H]1CCCN1C(=O)OC(C)(C)C. The van der Waals surface area contributed by atoms with Crippen molar-refractivity contribution in [2.75, 3.05) is 20.3 Å². The molecule has 1 fully saturated rings. The first-order valence-corrected chi connectivity index (χ1v) is 13.8. The number of esters is 1. The zero-order valence-corrected chi connectivity index (χ0v) is 23.8. The van der Waals surface area contributed by atoms with Crippen LogP contribution in [0.2, 0.25) is 0 Å². The van der Waals surface area contributed by atoms with E-state index in [9.17, 15) is 14.4 Å². The van der Waals surface area contributed by atoms with Crippen LogP contribution < -0.4 is 5.32 Å². The van der Waals surface area contributed by atoms with E-state index in [0.29, 0.717) is 32.6 Å². The normalized spacial score (nSPS) is 17.9. The van der Waals surface area contributed by atoms with Crippen LogP contribution in [0.3, 0.4) is 0 Å². The highest BCUT2D eigenvalue weighted by Crippen LogP contribution is 2.26. The highest BCUT2D eigenvalue weighted by Gasteiger charge is 2.38. The largest absolute Gasteiger partial charge is 0.467 e. The molecule has 40 heavy (non-hydrogen) atoms. The summed E-state index contributed by atoms with van der Waals surface area (Å²) in [6, 6.07) is 18.7. The van der Waals surface area contributed by atoms with Gasteiger partial charge < -0.3 is 24.6 Å². The number of methoxy groups -OCH3 is 1. The van der Waals surface area contributed by atoms with E-state index in [0.717, 1.165) is 17.8 Å². The monoisotopic (exact) mass is 548 g/mol. The Balaban J connectivity index is 1.50. The lowest BCUT2D eigenvalue weighted by Gasteiger charge is -2.29. The predicted molar refractivity (Wildman–Crippen MR) is 151 cm³/mol. The Kier molecular flexibility index (Phi) is 9.34. The molecule has 4 rings (SSSR count). The summed E-state index contributed by atoms with van der Waals surface area (Å²) >= 11 is 0. The van der Waals surface area contributed by atoms with E-state index in [1.54, 1.807) is 20.8 Å². The molecule has 2 aromatic rings. The number of carbonyl (C=O) groups excluding carboxylic acids is 3. The molecule has 2 amide bonds. The lowest BCUT2D eigenvalue weighted by Crippen LogP contribution is -2.52. The van der Waals surface area contributed by atoms with Crippen LogP contribution in [0.15, 0.2) is 72.6 Å². The molecular formula is C31H40N4O5. The fourth-order valence-electron chi connectivity index (χ4n) is 5.09. The Labute approximate surface area is 236 Å². The Hall–Kier alpha value is -4.01. The smallest absolute Gasteiger partial charge is 0.410 e. The van der Waals surface area contributed by atoms with Crippen molar-refractivity contribution in [2.45, 2.75) is 70.8 Å². The van der Waals surface area contributed by atoms with E-state index in [4.69, 9.17) is 9.47 Å². The molecule has 0 bridgehead atoms. The van der Waals surface area contributed by atoms with E-state index in [-0.39, 0.29) is 12.3 Å². The molecule has 0 unspecified atom stereocenters. The molecule has 9 nitrogen and oxygen atoms in total. The summed E-state index contributed by atoms with van der Waals surface area (Å²) in [4.78, 5) is 44.9. The van der Waals surface area contributed by atoms with Crippen LogP contribution in [-0.2, 0) is 32.2 Å².